The highest BCUT2D eigenvalue weighted by Crippen LogP contribution is 2.27. The summed E-state index contributed by atoms with van der Waals surface area (Å²) in [4.78, 5) is 8.68. The van der Waals surface area contributed by atoms with Gasteiger partial charge in [0.05, 0.1) is 12.3 Å². The smallest absolute Gasteiger partial charge is 0.142 e. The van der Waals surface area contributed by atoms with Crippen LogP contribution in [0, 0.1) is 0 Å². The molecule has 0 bridgehead atoms. The number of hydrogen-bond acceptors (Lipinski definition) is 5. The maximum atomic E-state index is 5.82. The predicted octanol–water partition coefficient (Wildman–Crippen LogP) is 3.15. The number of nitrogens with zero attached hydrogens (tertiary/aromatic N) is 2. The van der Waals surface area contributed by atoms with Gasteiger partial charge in [-0.3, -0.25) is 0 Å². The molecule has 0 atom stereocenters. The average Bonchev–Trinajstić information content (AvgIpc) is 2.41. The topological polar surface area (TPSA) is 73.1 Å². The second kappa shape index (κ2) is 6.75. The van der Waals surface area contributed by atoms with Crippen LogP contribution < -0.4 is 15.8 Å². The van der Waals surface area contributed by atoms with Crippen molar-refractivity contribution in [1.29, 1.82) is 0 Å². The third kappa shape index (κ3) is 3.60. The Hall–Kier alpha value is -2.30. The first kappa shape index (κ1) is 14.1. The molecule has 0 aliphatic heterocycles. The fraction of sp³-hybridized carbons (Fsp3) is 0.333. The second-order valence-corrected chi connectivity index (χ2v) is 4.40. The van der Waals surface area contributed by atoms with E-state index in [-0.39, 0.29) is 0 Å². The number of nitrogens with one attached hydrogen (secondary N) is 1. The molecule has 5 nitrogen and oxygen atoms in total. The van der Waals surface area contributed by atoms with Crippen molar-refractivity contribution in [2.24, 2.45) is 0 Å². The maximum Gasteiger partial charge on any atom is 0.142 e. The van der Waals surface area contributed by atoms with Crippen LogP contribution in [0.2, 0.25) is 0 Å². The van der Waals surface area contributed by atoms with Crippen LogP contribution in [0.3, 0.4) is 0 Å². The number of anilines is 3. The predicted molar refractivity (Wildman–Crippen MR) is 81.3 cm³/mol. The molecule has 0 spiro atoms. The van der Waals surface area contributed by atoms with E-state index in [1.807, 2.05) is 31.2 Å². The molecule has 2 aromatic rings. The molecule has 5 heteroatoms. The summed E-state index contributed by atoms with van der Waals surface area (Å²) < 4.78 is 5.58. The first-order valence-corrected chi connectivity index (χ1v) is 6.85. The van der Waals surface area contributed by atoms with Gasteiger partial charge < -0.3 is 15.8 Å². The van der Waals surface area contributed by atoms with Crippen molar-refractivity contribution >= 4 is 17.3 Å². The maximum absolute atomic E-state index is 5.82. The van der Waals surface area contributed by atoms with E-state index < -0.39 is 0 Å². The zero-order valence-electron chi connectivity index (χ0n) is 11.9. The van der Waals surface area contributed by atoms with Crippen LogP contribution >= 0.6 is 0 Å². The highest BCUT2D eigenvalue weighted by Gasteiger charge is 2.06. The molecular formula is C15H20N4O. The lowest BCUT2D eigenvalue weighted by Gasteiger charge is -2.12. The number of aryl methyl sites for hydroxylation is 1. The van der Waals surface area contributed by atoms with E-state index >= 15 is 0 Å². The van der Waals surface area contributed by atoms with Gasteiger partial charge in [-0.05, 0) is 25.5 Å². The van der Waals surface area contributed by atoms with Crippen LogP contribution in [-0.2, 0) is 6.42 Å². The molecule has 0 aliphatic carbocycles. The summed E-state index contributed by atoms with van der Waals surface area (Å²) in [5.41, 5.74) is 6.69. The quantitative estimate of drug-likeness (QED) is 0.845. The number of nitrogen functional groups attached to an aromatic ring is 1. The highest BCUT2D eigenvalue weighted by molar-refractivity contribution is 5.65. The molecule has 0 radical (unpaired) electrons. The second-order valence-electron chi connectivity index (χ2n) is 4.40. The Morgan fingerprint density at radius 3 is 2.75 bits per heavy atom. The Kier molecular flexibility index (Phi) is 4.76. The fourth-order valence-corrected chi connectivity index (χ4v) is 1.91. The molecule has 0 saturated carbocycles. The Morgan fingerprint density at radius 2 is 2.00 bits per heavy atom. The highest BCUT2D eigenvalue weighted by atomic mass is 16.5. The van der Waals surface area contributed by atoms with Gasteiger partial charge in [-0.1, -0.05) is 19.1 Å². The average molecular weight is 272 g/mol. The number of rotatable bonds is 6. The monoisotopic (exact) mass is 272 g/mol. The van der Waals surface area contributed by atoms with Gasteiger partial charge in [0.2, 0.25) is 0 Å². The molecule has 0 amide bonds. The van der Waals surface area contributed by atoms with Gasteiger partial charge in [0, 0.05) is 12.5 Å². The zero-order chi connectivity index (χ0) is 14.4. The molecule has 1 aromatic heterocycles. The van der Waals surface area contributed by atoms with E-state index in [9.17, 15) is 0 Å². The molecule has 106 valence electrons. The minimum atomic E-state index is 0.472. The Bertz CT molecular complexity index is 572. The molecule has 20 heavy (non-hydrogen) atoms. The van der Waals surface area contributed by atoms with Crippen molar-refractivity contribution < 1.29 is 4.74 Å². The van der Waals surface area contributed by atoms with E-state index in [4.69, 9.17) is 10.5 Å². The molecule has 2 rings (SSSR count). The molecule has 3 N–H and O–H groups in total. The van der Waals surface area contributed by atoms with E-state index in [0.29, 0.717) is 18.2 Å². The largest absolute Gasteiger partial charge is 0.492 e. The third-order valence-corrected chi connectivity index (χ3v) is 2.72. The van der Waals surface area contributed by atoms with Crippen LogP contribution in [0.1, 0.15) is 26.1 Å². The van der Waals surface area contributed by atoms with Gasteiger partial charge in [0.15, 0.2) is 0 Å². The van der Waals surface area contributed by atoms with Gasteiger partial charge in [-0.25, -0.2) is 9.97 Å². The first-order valence-electron chi connectivity index (χ1n) is 6.85. The minimum absolute atomic E-state index is 0.472. The van der Waals surface area contributed by atoms with E-state index in [1.54, 1.807) is 6.07 Å². The molecule has 0 fully saturated rings. The Morgan fingerprint density at radius 1 is 1.20 bits per heavy atom. The summed E-state index contributed by atoms with van der Waals surface area (Å²) in [7, 11) is 0. The van der Waals surface area contributed by atoms with Crippen molar-refractivity contribution in [3.63, 3.8) is 0 Å². The van der Waals surface area contributed by atoms with Crippen LogP contribution in [0.5, 0.6) is 5.75 Å². The fourth-order valence-electron chi connectivity index (χ4n) is 1.91. The van der Waals surface area contributed by atoms with Crippen molar-refractivity contribution in [2.75, 3.05) is 17.7 Å². The third-order valence-electron chi connectivity index (χ3n) is 2.72. The lowest BCUT2D eigenvalue weighted by atomic mass is 10.3. The summed E-state index contributed by atoms with van der Waals surface area (Å²) >= 11 is 0. The zero-order valence-corrected chi connectivity index (χ0v) is 11.9. The van der Waals surface area contributed by atoms with E-state index in [0.717, 1.165) is 30.1 Å². The number of nitrogens with two attached hydrogens (primary N) is 1. The van der Waals surface area contributed by atoms with Crippen LogP contribution in [-0.4, -0.2) is 16.6 Å². The van der Waals surface area contributed by atoms with Gasteiger partial charge in [0.25, 0.3) is 0 Å². The van der Waals surface area contributed by atoms with Crippen molar-refractivity contribution in [2.45, 2.75) is 26.7 Å². The van der Waals surface area contributed by atoms with Crippen LogP contribution in [0.15, 0.2) is 30.3 Å². The Labute approximate surface area is 119 Å². The minimum Gasteiger partial charge on any atom is -0.492 e. The normalized spacial score (nSPS) is 10.3. The summed E-state index contributed by atoms with van der Waals surface area (Å²) in [6.45, 7) is 4.66. The van der Waals surface area contributed by atoms with Crippen LogP contribution in [0.4, 0.5) is 17.3 Å². The SMILES string of the molecule is CCCc1nc(N)cc(Nc2ccccc2OCC)n1. The van der Waals surface area contributed by atoms with Gasteiger partial charge in [-0.2, -0.15) is 0 Å². The number of ether oxygens (including phenoxy) is 1. The molecule has 0 saturated heterocycles. The summed E-state index contributed by atoms with van der Waals surface area (Å²) in [5, 5.41) is 3.24. The lowest BCUT2D eigenvalue weighted by molar-refractivity contribution is 0.342. The summed E-state index contributed by atoms with van der Waals surface area (Å²) in [6, 6.07) is 9.48. The lowest BCUT2D eigenvalue weighted by Crippen LogP contribution is -2.04. The number of hydrogen-bond donors (Lipinski definition) is 2. The van der Waals surface area contributed by atoms with E-state index in [1.165, 1.54) is 0 Å². The van der Waals surface area contributed by atoms with Crippen LogP contribution in [0.25, 0.3) is 0 Å². The number of para-hydroxylation sites is 2. The molecule has 0 unspecified atom stereocenters. The van der Waals surface area contributed by atoms with Crippen molar-refractivity contribution in [3.05, 3.63) is 36.2 Å². The number of aromatic nitrogens is 2. The van der Waals surface area contributed by atoms with E-state index in [2.05, 4.69) is 22.2 Å². The standard InChI is InChI=1S/C15H20N4O/c1-3-7-14-18-13(16)10-15(19-14)17-11-8-5-6-9-12(11)20-4-2/h5-6,8-10H,3-4,7H2,1-2H3,(H3,16,17,18,19). The number of benzene rings is 1. The van der Waals surface area contributed by atoms with Gasteiger partial charge in [-0.15, -0.1) is 0 Å². The summed E-state index contributed by atoms with van der Waals surface area (Å²) in [6.07, 6.45) is 1.80. The van der Waals surface area contributed by atoms with Gasteiger partial charge >= 0.3 is 0 Å². The van der Waals surface area contributed by atoms with Crippen molar-refractivity contribution in [3.8, 4) is 5.75 Å². The van der Waals surface area contributed by atoms with Crippen molar-refractivity contribution in [1.82, 2.24) is 9.97 Å². The molecule has 0 aliphatic rings. The summed E-state index contributed by atoms with van der Waals surface area (Å²) in [5.74, 6) is 2.71. The van der Waals surface area contributed by atoms with Gasteiger partial charge in [0.1, 0.15) is 23.2 Å². The molecule has 1 aromatic carbocycles. The Balaban J connectivity index is 2.25. The molecule has 1 heterocycles. The first-order chi connectivity index (χ1) is 9.72. The molecular weight excluding hydrogens is 252 g/mol.